The fraction of sp³-hybridized carbons (Fsp3) is 0.632. The largest absolute Gasteiger partial charge is 0.493 e. The van der Waals surface area contributed by atoms with E-state index in [9.17, 15) is 8.78 Å². The molecule has 9 heteroatoms. The molecule has 7 nitrogen and oxygen atoms in total. The Hall–Kier alpha value is -2.13. The zero-order chi connectivity index (χ0) is 20.8. The molecule has 0 bridgehead atoms. The van der Waals surface area contributed by atoms with E-state index in [1.165, 1.54) is 13.2 Å². The lowest BCUT2D eigenvalue weighted by Crippen LogP contribution is -2.41. The van der Waals surface area contributed by atoms with Crippen LogP contribution in [0.3, 0.4) is 0 Å². The topological polar surface area (TPSA) is 67.4 Å². The molecule has 0 saturated carbocycles. The highest BCUT2D eigenvalue weighted by molar-refractivity contribution is 5.79. The maximum absolute atomic E-state index is 12.5. The molecule has 2 N–H and O–H groups in total. The van der Waals surface area contributed by atoms with E-state index in [-0.39, 0.29) is 11.5 Å². The zero-order valence-corrected chi connectivity index (χ0v) is 17.1. The molecule has 0 heterocycles. The van der Waals surface area contributed by atoms with Gasteiger partial charge in [-0.15, -0.1) is 0 Å². The van der Waals surface area contributed by atoms with E-state index >= 15 is 0 Å². The van der Waals surface area contributed by atoms with Gasteiger partial charge in [-0.2, -0.15) is 8.78 Å². The van der Waals surface area contributed by atoms with Crippen molar-refractivity contribution < 1.29 is 23.0 Å². The molecule has 0 aromatic heterocycles. The van der Waals surface area contributed by atoms with Gasteiger partial charge in [-0.3, -0.25) is 0 Å². The number of ether oxygens (including phenoxy) is 3. The molecular weight excluding hydrogens is 370 g/mol. The molecule has 1 rings (SSSR count). The first-order valence-electron chi connectivity index (χ1n) is 9.31. The molecule has 0 amide bonds. The van der Waals surface area contributed by atoms with Crippen molar-refractivity contribution in [2.45, 2.75) is 26.5 Å². The summed E-state index contributed by atoms with van der Waals surface area (Å²) in [6, 6.07) is 4.88. The van der Waals surface area contributed by atoms with Crippen LogP contribution in [-0.4, -0.2) is 71.5 Å². The van der Waals surface area contributed by atoms with Crippen LogP contribution < -0.4 is 20.1 Å². The third-order valence-corrected chi connectivity index (χ3v) is 3.88. The van der Waals surface area contributed by atoms with E-state index in [1.807, 2.05) is 6.92 Å². The number of hydrogen-bond donors (Lipinski definition) is 2. The lowest BCUT2D eigenvalue weighted by atomic mass is 10.2. The maximum Gasteiger partial charge on any atom is 0.387 e. The quantitative estimate of drug-likeness (QED) is 0.300. The highest BCUT2D eigenvalue weighted by atomic mass is 19.3. The van der Waals surface area contributed by atoms with Gasteiger partial charge in [-0.05, 0) is 38.1 Å². The predicted octanol–water partition coefficient (Wildman–Crippen LogP) is 2.32. The van der Waals surface area contributed by atoms with Crippen LogP contribution in [0.5, 0.6) is 11.5 Å². The van der Waals surface area contributed by atoms with Crippen molar-refractivity contribution in [3.05, 3.63) is 23.8 Å². The molecule has 28 heavy (non-hydrogen) atoms. The minimum Gasteiger partial charge on any atom is -0.493 e. The average molecular weight is 402 g/mol. The second-order valence-electron chi connectivity index (χ2n) is 6.14. The number of nitrogens with one attached hydrogen (secondary N) is 2. The summed E-state index contributed by atoms with van der Waals surface area (Å²) < 4.78 is 39.7. The molecule has 0 atom stereocenters. The molecule has 0 saturated heterocycles. The van der Waals surface area contributed by atoms with E-state index in [0.717, 1.165) is 44.8 Å². The minimum absolute atomic E-state index is 0.000781. The fourth-order valence-electron chi connectivity index (χ4n) is 2.48. The molecule has 0 unspecified atom stereocenters. The van der Waals surface area contributed by atoms with Gasteiger partial charge >= 0.3 is 6.61 Å². The van der Waals surface area contributed by atoms with E-state index in [4.69, 9.17) is 9.47 Å². The van der Waals surface area contributed by atoms with Crippen LogP contribution >= 0.6 is 0 Å². The average Bonchev–Trinajstić information content (AvgIpc) is 2.66. The van der Waals surface area contributed by atoms with Gasteiger partial charge in [0.2, 0.25) is 0 Å². The first-order chi connectivity index (χ1) is 13.5. The molecule has 1 aromatic carbocycles. The van der Waals surface area contributed by atoms with Crippen molar-refractivity contribution in [3.8, 4) is 11.5 Å². The van der Waals surface area contributed by atoms with Crippen LogP contribution in [0.25, 0.3) is 0 Å². The molecule has 1 aromatic rings. The summed E-state index contributed by atoms with van der Waals surface area (Å²) >= 11 is 0. The van der Waals surface area contributed by atoms with E-state index in [1.54, 1.807) is 19.2 Å². The highest BCUT2D eigenvalue weighted by Gasteiger charge is 2.11. The third-order valence-electron chi connectivity index (χ3n) is 3.88. The van der Waals surface area contributed by atoms with Crippen LogP contribution in [0.1, 0.15) is 18.9 Å². The van der Waals surface area contributed by atoms with Crippen LogP contribution in [0.4, 0.5) is 8.78 Å². The van der Waals surface area contributed by atoms with Crippen molar-refractivity contribution in [2.24, 2.45) is 4.99 Å². The Balaban J connectivity index is 2.61. The van der Waals surface area contributed by atoms with Crippen molar-refractivity contribution in [1.29, 1.82) is 0 Å². The molecule has 0 aliphatic carbocycles. The number of methoxy groups -OCH3 is 2. The number of halogens is 2. The van der Waals surface area contributed by atoms with E-state index in [2.05, 4.69) is 32.3 Å². The number of likely N-dealkylation sites (N-methyl/N-ethyl adjacent to an activating group) is 1. The van der Waals surface area contributed by atoms with Gasteiger partial charge in [0, 0.05) is 39.9 Å². The Kier molecular flexibility index (Phi) is 11.9. The number of alkyl halides is 2. The summed E-state index contributed by atoms with van der Waals surface area (Å²) in [5.41, 5.74) is 0.741. The summed E-state index contributed by atoms with van der Waals surface area (Å²) in [7, 11) is 5.17. The summed E-state index contributed by atoms with van der Waals surface area (Å²) in [6.07, 6.45) is 0.988. The Labute approximate surface area is 166 Å². The van der Waals surface area contributed by atoms with Gasteiger partial charge in [0.25, 0.3) is 0 Å². The highest BCUT2D eigenvalue weighted by Crippen LogP contribution is 2.29. The summed E-state index contributed by atoms with van der Waals surface area (Å²) in [5, 5.41) is 6.44. The summed E-state index contributed by atoms with van der Waals surface area (Å²) in [4.78, 5) is 6.72. The number of nitrogens with zero attached hydrogens (tertiary/aromatic N) is 2. The number of benzene rings is 1. The van der Waals surface area contributed by atoms with Crippen LogP contribution in [-0.2, 0) is 11.3 Å². The summed E-state index contributed by atoms with van der Waals surface area (Å²) in [5.74, 6) is 0.926. The molecular formula is C19H32F2N4O3. The van der Waals surface area contributed by atoms with Gasteiger partial charge < -0.3 is 29.7 Å². The van der Waals surface area contributed by atoms with Crippen LogP contribution in [0.2, 0.25) is 0 Å². The fourth-order valence-corrected chi connectivity index (χ4v) is 2.48. The Morgan fingerprint density at radius 2 is 1.96 bits per heavy atom. The molecule has 160 valence electrons. The van der Waals surface area contributed by atoms with Crippen molar-refractivity contribution >= 4 is 5.96 Å². The minimum atomic E-state index is -2.91. The molecule has 0 spiro atoms. The van der Waals surface area contributed by atoms with Gasteiger partial charge in [0.1, 0.15) is 0 Å². The molecule has 0 radical (unpaired) electrons. The predicted molar refractivity (Wildman–Crippen MR) is 106 cm³/mol. The number of aliphatic imine (C=N–C) groups is 1. The third kappa shape index (κ3) is 9.70. The first-order valence-corrected chi connectivity index (χ1v) is 9.31. The first kappa shape index (κ1) is 23.9. The standard InChI is InChI=1S/C19H32F2N4O3/c1-5-22-19(23-9-11-25(2)10-6-12-26-3)24-14-15-7-8-16(27-4)17(13-15)28-18(20)21/h7-8,13,18H,5-6,9-12,14H2,1-4H3,(H2,22,23,24). The van der Waals surface area contributed by atoms with Gasteiger partial charge in [-0.25, -0.2) is 4.99 Å². The second-order valence-corrected chi connectivity index (χ2v) is 6.14. The molecule has 0 fully saturated rings. The molecule has 0 aliphatic heterocycles. The smallest absolute Gasteiger partial charge is 0.387 e. The number of rotatable bonds is 13. The SMILES string of the molecule is CCNC(=NCc1ccc(OC)c(OC(F)F)c1)NCCN(C)CCCOC. The monoisotopic (exact) mass is 402 g/mol. The normalized spacial score (nSPS) is 11.8. The second kappa shape index (κ2) is 14.0. The van der Waals surface area contributed by atoms with E-state index in [0.29, 0.717) is 12.5 Å². The number of guanidine groups is 1. The van der Waals surface area contributed by atoms with Crippen LogP contribution in [0, 0.1) is 0 Å². The van der Waals surface area contributed by atoms with Crippen LogP contribution in [0.15, 0.2) is 23.2 Å². The lowest BCUT2D eigenvalue weighted by Gasteiger charge is -2.18. The Bertz CT molecular complexity index is 588. The maximum atomic E-state index is 12.5. The van der Waals surface area contributed by atoms with Gasteiger partial charge in [0.15, 0.2) is 17.5 Å². The van der Waals surface area contributed by atoms with Crippen molar-refractivity contribution in [3.63, 3.8) is 0 Å². The van der Waals surface area contributed by atoms with Crippen molar-refractivity contribution in [2.75, 3.05) is 54.1 Å². The van der Waals surface area contributed by atoms with Crippen molar-refractivity contribution in [1.82, 2.24) is 15.5 Å². The van der Waals surface area contributed by atoms with Gasteiger partial charge in [0.05, 0.1) is 13.7 Å². The summed E-state index contributed by atoms with van der Waals surface area (Å²) in [6.45, 7) is 3.42. The number of hydrogen-bond acceptors (Lipinski definition) is 5. The van der Waals surface area contributed by atoms with E-state index < -0.39 is 6.61 Å². The Morgan fingerprint density at radius 3 is 2.61 bits per heavy atom. The lowest BCUT2D eigenvalue weighted by molar-refractivity contribution is -0.0512. The zero-order valence-electron chi connectivity index (χ0n) is 17.1. The van der Waals surface area contributed by atoms with Gasteiger partial charge in [-0.1, -0.05) is 6.07 Å². The molecule has 0 aliphatic rings. The Morgan fingerprint density at radius 1 is 1.18 bits per heavy atom.